The summed E-state index contributed by atoms with van der Waals surface area (Å²) in [6.45, 7) is -1.14. The first-order chi connectivity index (χ1) is 15.9. The third-order valence-electron chi connectivity index (χ3n) is 4.94. The Kier molecular flexibility index (Phi) is 8.66. The molecule has 16 heteroatoms. The van der Waals surface area contributed by atoms with Crippen LogP contribution in [-0.4, -0.2) is 90.9 Å². The van der Waals surface area contributed by atoms with Crippen LogP contribution in [-0.2, 0) is 14.3 Å². The normalized spacial score (nSPS) is 23.4. The number of rotatable bonds is 10. The molecule has 1 aromatic heterocycles. The lowest BCUT2D eigenvalue weighted by Crippen LogP contribution is -2.63. The van der Waals surface area contributed by atoms with Crippen LogP contribution in [0.25, 0.3) is 0 Å². The van der Waals surface area contributed by atoms with Crippen LogP contribution in [0.4, 0.5) is 5.82 Å². The Hall–Kier alpha value is -3.57. The fraction of sp³-hybridized carbons (Fsp3) is 0.500. The highest BCUT2D eigenvalue weighted by Gasteiger charge is 2.52. The molecular weight excluding hydrogens is 456 g/mol. The molecule has 16 nitrogen and oxygen atoms in total. The first-order valence-electron chi connectivity index (χ1n) is 9.93. The standard InChI is InChI=1S/C18H28N8O8/c19-9(7-27)14(29)24-10-1-2-12(26-4-3-11(20)25-17(26)32)34-13(10)18(33,15(30)31)5-8(28)6-23-16(21)22/h1-4,8-10,12-13,27-28,33H,5-7,19H2,(H,24,29)(H,30,31)(H2,20,25,32)(H4,21,22,23)/t8-,9?,10+,12-,13+,18-/m1/s1. The van der Waals surface area contributed by atoms with Crippen molar-refractivity contribution >= 4 is 23.7 Å². The second-order valence-corrected chi connectivity index (χ2v) is 7.55. The summed E-state index contributed by atoms with van der Waals surface area (Å²) in [6, 6.07) is -1.35. The van der Waals surface area contributed by atoms with Crippen LogP contribution in [0.15, 0.2) is 34.2 Å². The average Bonchev–Trinajstić information content (AvgIpc) is 2.77. The lowest BCUT2D eigenvalue weighted by Gasteiger charge is -2.41. The van der Waals surface area contributed by atoms with E-state index in [0.717, 1.165) is 4.57 Å². The van der Waals surface area contributed by atoms with Gasteiger partial charge in [-0.3, -0.25) is 14.4 Å². The van der Waals surface area contributed by atoms with Gasteiger partial charge in [0, 0.05) is 12.6 Å². The Balaban J connectivity index is 2.46. The van der Waals surface area contributed by atoms with E-state index in [9.17, 15) is 29.7 Å². The molecule has 1 unspecified atom stereocenters. The number of hydrogen-bond donors (Lipinski definition) is 9. The van der Waals surface area contributed by atoms with Crippen LogP contribution >= 0.6 is 0 Å². The zero-order chi connectivity index (χ0) is 25.6. The van der Waals surface area contributed by atoms with Crippen molar-refractivity contribution in [1.29, 1.82) is 0 Å². The molecule has 0 aliphatic carbocycles. The molecule has 2 heterocycles. The van der Waals surface area contributed by atoms with Crippen molar-refractivity contribution < 1.29 is 34.8 Å². The predicted molar refractivity (Wildman–Crippen MR) is 117 cm³/mol. The molecule has 188 valence electrons. The number of aliphatic hydroxyl groups excluding tert-OH is 2. The zero-order valence-corrected chi connectivity index (χ0v) is 17.9. The fourth-order valence-electron chi connectivity index (χ4n) is 3.22. The molecule has 1 aromatic rings. The van der Waals surface area contributed by atoms with E-state index < -0.39 is 73.3 Å². The van der Waals surface area contributed by atoms with Crippen molar-refractivity contribution in [2.45, 2.75) is 42.5 Å². The van der Waals surface area contributed by atoms with Crippen LogP contribution in [0.1, 0.15) is 12.6 Å². The van der Waals surface area contributed by atoms with Crippen LogP contribution in [0.2, 0.25) is 0 Å². The summed E-state index contributed by atoms with van der Waals surface area (Å²) < 4.78 is 6.69. The third-order valence-corrected chi connectivity index (χ3v) is 4.94. The molecule has 1 aliphatic heterocycles. The van der Waals surface area contributed by atoms with E-state index in [2.05, 4.69) is 15.3 Å². The highest BCUT2D eigenvalue weighted by atomic mass is 16.5. The number of carbonyl (C=O) groups is 2. The molecule has 6 atom stereocenters. The van der Waals surface area contributed by atoms with E-state index in [1.807, 2.05) is 0 Å². The fourth-order valence-corrected chi connectivity index (χ4v) is 3.22. The highest BCUT2D eigenvalue weighted by molar-refractivity contribution is 5.83. The minimum atomic E-state index is -2.81. The second kappa shape index (κ2) is 11.0. The number of amides is 1. The molecular formula is C18H28N8O8. The van der Waals surface area contributed by atoms with E-state index in [0.29, 0.717) is 0 Å². The summed E-state index contributed by atoms with van der Waals surface area (Å²) in [6.07, 6.45) is -1.54. The van der Waals surface area contributed by atoms with Gasteiger partial charge in [-0.05, 0) is 12.1 Å². The van der Waals surface area contributed by atoms with Crippen LogP contribution in [0.5, 0.6) is 0 Å². The van der Waals surface area contributed by atoms with Crippen molar-refractivity contribution in [3.63, 3.8) is 0 Å². The van der Waals surface area contributed by atoms with Crippen LogP contribution in [0.3, 0.4) is 0 Å². The minimum Gasteiger partial charge on any atom is -0.479 e. The summed E-state index contributed by atoms with van der Waals surface area (Å²) in [7, 11) is 0. The van der Waals surface area contributed by atoms with Gasteiger partial charge >= 0.3 is 11.7 Å². The summed E-state index contributed by atoms with van der Waals surface area (Å²) in [5, 5.41) is 42.7. The van der Waals surface area contributed by atoms with Gasteiger partial charge in [0.1, 0.15) is 18.0 Å². The minimum absolute atomic E-state index is 0.0642. The second-order valence-electron chi connectivity index (χ2n) is 7.55. The summed E-state index contributed by atoms with van der Waals surface area (Å²) in [5.41, 5.74) is 17.8. The summed E-state index contributed by atoms with van der Waals surface area (Å²) >= 11 is 0. The zero-order valence-electron chi connectivity index (χ0n) is 17.9. The lowest BCUT2D eigenvalue weighted by molar-refractivity contribution is -0.197. The van der Waals surface area contributed by atoms with E-state index >= 15 is 0 Å². The highest BCUT2D eigenvalue weighted by Crippen LogP contribution is 2.31. The van der Waals surface area contributed by atoms with Gasteiger partial charge in [-0.25, -0.2) is 9.59 Å². The topological polar surface area (TPSA) is 288 Å². The molecule has 0 aromatic carbocycles. The monoisotopic (exact) mass is 484 g/mol. The maximum absolute atomic E-state index is 12.2. The molecule has 0 radical (unpaired) electrons. The molecule has 1 aliphatic rings. The van der Waals surface area contributed by atoms with E-state index in [1.165, 1.54) is 24.4 Å². The Labute approximate surface area is 192 Å². The Morgan fingerprint density at radius 2 is 2.03 bits per heavy atom. The summed E-state index contributed by atoms with van der Waals surface area (Å²) in [4.78, 5) is 43.8. The number of guanidine groups is 1. The SMILES string of the molecule is NC(N)=NC[C@H](O)C[C@](O)(C(=O)O)[C@H]1O[C@@H](n2ccc(N)nc2=O)C=C[C@@H]1NC(=O)C(N)CO. The van der Waals surface area contributed by atoms with Gasteiger partial charge in [0.15, 0.2) is 17.8 Å². The smallest absolute Gasteiger partial charge is 0.351 e. The van der Waals surface area contributed by atoms with Crippen molar-refractivity contribution in [3.8, 4) is 0 Å². The molecule has 2 rings (SSSR count). The maximum atomic E-state index is 12.2. The Morgan fingerprint density at radius 1 is 1.35 bits per heavy atom. The number of aliphatic imine (C=N–C) groups is 1. The van der Waals surface area contributed by atoms with E-state index in [1.54, 1.807) is 0 Å². The quantitative estimate of drug-likeness (QED) is 0.0854. The van der Waals surface area contributed by atoms with Crippen molar-refractivity contribution in [1.82, 2.24) is 14.9 Å². The molecule has 0 fully saturated rings. The van der Waals surface area contributed by atoms with Crippen molar-refractivity contribution in [2.24, 2.45) is 22.2 Å². The van der Waals surface area contributed by atoms with E-state index in [-0.39, 0.29) is 11.8 Å². The van der Waals surface area contributed by atoms with Crippen molar-refractivity contribution in [3.05, 3.63) is 34.9 Å². The van der Waals surface area contributed by atoms with Crippen LogP contribution < -0.4 is 33.9 Å². The number of aliphatic carboxylic acids is 1. The van der Waals surface area contributed by atoms with Gasteiger partial charge in [-0.15, -0.1) is 0 Å². The number of carboxylic acid groups (broad SMARTS) is 1. The predicted octanol–water partition coefficient (Wildman–Crippen LogP) is -5.08. The average molecular weight is 484 g/mol. The number of nitrogens with two attached hydrogens (primary N) is 4. The van der Waals surface area contributed by atoms with Gasteiger partial charge in [0.2, 0.25) is 5.91 Å². The maximum Gasteiger partial charge on any atom is 0.351 e. The molecule has 0 saturated heterocycles. The summed E-state index contributed by atoms with van der Waals surface area (Å²) in [5.74, 6) is -3.10. The molecule has 34 heavy (non-hydrogen) atoms. The molecule has 1 amide bonds. The van der Waals surface area contributed by atoms with Gasteiger partial charge in [0.25, 0.3) is 0 Å². The number of nitrogen functional groups attached to an aromatic ring is 1. The first kappa shape index (κ1) is 26.7. The van der Waals surface area contributed by atoms with Gasteiger partial charge in [-0.1, -0.05) is 6.08 Å². The largest absolute Gasteiger partial charge is 0.479 e. The van der Waals surface area contributed by atoms with E-state index in [4.69, 9.17) is 32.8 Å². The van der Waals surface area contributed by atoms with Gasteiger partial charge < -0.3 is 53.4 Å². The number of nitrogens with one attached hydrogen (secondary N) is 1. The molecule has 0 bridgehead atoms. The van der Waals surface area contributed by atoms with Gasteiger partial charge in [-0.2, -0.15) is 4.98 Å². The molecule has 0 spiro atoms. The number of nitrogens with zero attached hydrogens (tertiary/aromatic N) is 3. The number of anilines is 1. The number of hydrogen-bond acceptors (Lipinski definition) is 11. The van der Waals surface area contributed by atoms with Gasteiger partial charge in [0.05, 0.1) is 25.3 Å². The lowest BCUT2D eigenvalue weighted by atomic mass is 9.84. The Morgan fingerprint density at radius 3 is 2.59 bits per heavy atom. The number of aromatic nitrogens is 2. The molecule has 13 N–H and O–H groups in total. The number of carbonyl (C=O) groups excluding carboxylic acids is 1. The number of ether oxygens (including phenoxy) is 1. The molecule has 0 saturated carbocycles. The Bertz CT molecular complexity index is 1010. The third kappa shape index (κ3) is 6.27. The first-order valence-corrected chi connectivity index (χ1v) is 9.93. The number of aliphatic hydroxyl groups is 3. The number of carboxylic acids is 1. The van der Waals surface area contributed by atoms with Crippen molar-refractivity contribution in [2.75, 3.05) is 18.9 Å². The van der Waals surface area contributed by atoms with Crippen LogP contribution in [0, 0.1) is 0 Å².